The van der Waals surface area contributed by atoms with Gasteiger partial charge in [0.05, 0.1) is 17.7 Å². The molecule has 4 aromatic rings. The number of anilines is 1. The van der Waals surface area contributed by atoms with E-state index < -0.39 is 0 Å². The number of thioether (sulfide) groups is 1. The molecule has 0 radical (unpaired) electrons. The Balaban J connectivity index is 1.36. The van der Waals surface area contributed by atoms with Crippen molar-refractivity contribution >= 4 is 51.2 Å². The van der Waals surface area contributed by atoms with Crippen molar-refractivity contribution in [2.24, 2.45) is 4.99 Å². The van der Waals surface area contributed by atoms with Gasteiger partial charge in [0.15, 0.2) is 5.17 Å². The summed E-state index contributed by atoms with van der Waals surface area (Å²) in [5.74, 6) is 1.15. The number of nitrogens with zero attached hydrogens (tertiary/aromatic N) is 3. The van der Waals surface area contributed by atoms with Crippen molar-refractivity contribution in [2.75, 3.05) is 25.1 Å². The third-order valence-electron chi connectivity index (χ3n) is 8.62. The molecular weight excluding hydrogens is 552 g/mol. The number of nitrogens with one attached hydrogen (secondary N) is 1. The van der Waals surface area contributed by atoms with Gasteiger partial charge in [-0.2, -0.15) is 0 Å². The highest BCUT2D eigenvalue weighted by Crippen LogP contribution is 2.47. The van der Waals surface area contributed by atoms with Gasteiger partial charge in [-0.25, -0.2) is 4.99 Å². The van der Waals surface area contributed by atoms with Crippen molar-refractivity contribution in [1.82, 2.24) is 9.88 Å². The lowest BCUT2D eigenvalue weighted by molar-refractivity contribution is -0.122. The predicted molar refractivity (Wildman–Crippen MR) is 181 cm³/mol. The number of hydrogen-bond acceptors (Lipinski definition) is 5. The van der Waals surface area contributed by atoms with Crippen LogP contribution in [0.4, 0.5) is 11.4 Å². The number of rotatable bonds is 8. The number of hydrogen-bond donors (Lipinski definition) is 1. The minimum Gasteiger partial charge on any atom is -0.496 e. The van der Waals surface area contributed by atoms with E-state index >= 15 is 0 Å². The van der Waals surface area contributed by atoms with Gasteiger partial charge in [0, 0.05) is 53.0 Å². The highest BCUT2D eigenvalue weighted by molar-refractivity contribution is 8.18. The number of benzene rings is 3. The van der Waals surface area contributed by atoms with Crippen molar-refractivity contribution in [2.45, 2.75) is 58.4 Å². The molecule has 1 saturated heterocycles. The minimum absolute atomic E-state index is 0.0268. The Kier molecular flexibility index (Phi) is 8.10. The molecule has 7 heteroatoms. The van der Waals surface area contributed by atoms with Gasteiger partial charge in [-0.1, -0.05) is 50.2 Å². The average Bonchev–Trinajstić information content (AvgIpc) is 3.54. The van der Waals surface area contributed by atoms with Crippen molar-refractivity contribution in [3.8, 4) is 5.75 Å². The Morgan fingerprint density at radius 1 is 1.09 bits per heavy atom. The number of methoxy groups -OCH3 is 1. The molecule has 0 aliphatic carbocycles. The van der Waals surface area contributed by atoms with E-state index in [9.17, 15) is 4.79 Å². The van der Waals surface area contributed by atoms with Crippen LogP contribution in [0.5, 0.6) is 5.75 Å². The van der Waals surface area contributed by atoms with E-state index in [0.29, 0.717) is 22.5 Å². The number of aliphatic imine (C=N–C) groups is 1. The third-order valence-corrected chi connectivity index (χ3v) is 9.63. The minimum atomic E-state index is -0.0268. The SMILES string of the molecule is CCCN1c2cc(OC)c(/C=C3/SC(=Nc4ccccc4)N(CCc4c[nH]c5ccccc45)C3=O)cc2C(C)CC1(C)C. The number of H-pyrrole nitrogens is 1. The fourth-order valence-electron chi connectivity index (χ4n) is 6.58. The molecule has 6 nitrogen and oxygen atoms in total. The molecule has 1 fully saturated rings. The third kappa shape index (κ3) is 5.70. The summed E-state index contributed by atoms with van der Waals surface area (Å²) in [6.45, 7) is 10.7. The second-order valence-corrected chi connectivity index (χ2v) is 13.1. The van der Waals surface area contributed by atoms with Gasteiger partial charge in [0.2, 0.25) is 0 Å². The molecule has 0 bridgehead atoms. The first kappa shape index (κ1) is 29.1. The van der Waals surface area contributed by atoms with Gasteiger partial charge in [-0.15, -0.1) is 0 Å². The molecule has 3 aromatic carbocycles. The van der Waals surface area contributed by atoms with Crippen LogP contribution in [0.3, 0.4) is 0 Å². The second kappa shape index (κ2) is 12.0. The maximum absolute atomic E-state index is 14.0. The maximum Gasteiger partial charge on any atom is 0.266 e. The molecule has 222 valence electrons. The molecule has 2 aliphatic rings. The number of carbonyl (C=O) groups excluding carboxylic acids is 1. The summed E-state index contributed by atoms with van der Waals surface area (Å²) < 4.78 is 5.93. The molecule has 0 spiro atoms. The van der Waals surface area contributed by atoms with Crippen LogP contribution in [0.15, 0.2) is 82.8 Å². The lowest BCUT2D eigenvalue weighted by atomic mass is 9.79. The molecule has 2 aliphatic heterocycles. The van der Waals surface area contributed by atoms with Gasteiger partial charge >= 0.3 is 0 Å². The van der Waals surface area contributed by atoms with Crippen molar-refractivity contribution < 1.29 is 9.53 Å². The summed E-state index contributed by atoms with van der Waals surface area (Å²) in [5.41, 5.74) is 6.67. The molecule has 1 amide bonds. The van der Waals surface area contributed by atoms with Crippen LogP contribution in [0.1, 0.15) is 63.1 Å². The van der Waals surface area contributed by atoms with Gasteiger partial charge < -0.3 is 14.6 Å². The van der Waals surface area contributed by atoms with E-state index in [1.807, 2.05) is 53.6 Å². The first-order valence-electron chi connectivity index (χ1n) is 15.2. The van der Waals surface area contributed by atoms with Gasteiger partial charge in [0.25, 0.3) is 5.91 Å². The van der Waals surface area contributed by atoms with E-state index in [2.05, 4.69) is 67.9 Å². The maximum atomic E-state index is 14.0. The number of carbonyl (C=O) groups is 1. The van der Waals surface area contributed by atoms with E-state index in [0.717, 1.165) is 48.3 Å². The largest absolute Gasteiger partial charge is 0.496 e. The Labute approximate surface area is 258 Å². The van der Waals surface area contributed by atoms with Crippen LogP contribution >= 0.6 is 11.8 Å². The molecule has 3 heterocycles. The number of amidine groups is 1. The highest BCUT2D eigenvalue weighted by atomic mass is 32.2. The number of aromatic amines is 1. The zero-order valence-electron chi connectivity index (χ0n) is 25.7. The molecular formula is C36H40N4O2S. The smallest absolute Gasteiger partial charge is 0.266 e. The van der Waals surface area contributed by atoms with Crippen LogP contribution in [0.25, 0.3) is 17.0 Å². The monoisotopic (exact) mass is 592 g/mol. The molecule has 1 atom stereocenters. The van der Waals surface area contributed by atoms with Crippen molar-refractivity contribution in [3.63, 3.8) is 0 Å². The Morgan fingerprint density at radius 2 is 1.86 bits per heavy atom. The number of fused-ring (bicyclic) bond motifs is 2. The number of amides is 1. The number of aromatic nitrogens is 1. The van der Waals surface area contributed by atoms with Gasteiger partial charge in [-0.3, -0.25) is 9.69 Å². The van der Waals surface area contributed by atoms with Crippen molar-refractivity contribution in [3.05, 3.63) is 94.5 Å². The number of para-hydroxylation sites is 2. The molecule has 43 heavy (non-hydrogen) atoms. The predicted octanol–water partition coefficient (Wildman–Crippen LogP) is 8.53. The lowest BCUT2D eigenvalue weighted by Crippen LogP contribution is -2.48. The van der Waals surface area contributed by atoms with E-state index in [-0.39, 0.29) is 11.4 Å². The highest BCUT2D eigenvalue weighted by Gasteiger charge is 2.37. The Bertz CT molecular complexity index is 1700. The van der Waals surface area contributed by atoms with Crippen LogP contribution in [-0.2, 0) is 11.2 Å². The van der Waals surface area contributed by atoms with Gasteiger partial charge in [-0.05, 0) is 92.3 Å². The normalized spacial score (nSPS) is 19.9. The molecule has 0 saturated carbocycles. The van der Waals surface area contributed by atoms with E-state index in [1.165, 1.54) is 34.0 Å². The second-order valence-electron chi connectivity index (χ2n) is 12.1. The molecule has 1 aromatic heterocycles. The van der Waals surface area contributed by atoms with Gasteiger partial charge in [0.1, 0.15) is 5.75 Å². The first-order valence-corrected chi connectivity index (χ1v) is 16.0. The summed E-state index contributed by atoms with van der Waals surface area (Å²) in [5, 5.41) is 1.88. The quantitative estimate of drug-likeness (QED) is 0.208. The summed E-state index contributed by atoms with van der Waals surface area (Å²) in [4.78, 5) is 27.3. The summed E-state index contributed by atoms with van der Waals surface area (Å²) >= 11 is 1.44. The first-order chi connectivity index (χ1) is 20.8. The van der Waals surface area contributed by atoms with Crippen LogP contribution in [0, 0.1) is 0 Å². The molecule has 1 N–H and O–H groups in total. The fourth-order valence-corrected chi connectivity index (χ4v) is 7.59. The van der Waals surface area contributed by atoms with E-state index in [1.54, 1.807) is 7.11 Å². The zero-order chi connectivity index (χ0) is 30.1. The standard InChI is InChI=1S/C36H40N4O2S/c1-6-17-40-31-21-32(42-5)26(19-29(31)24(2)22-36(40,3)4)20-33-34(41)39(35(43-33)38-27-12-8-7-9-13-27)18-16-25-23-37-30-15-11-10-14-28(25)30/h7-15,19-21,23-24,37H,6,16-18,22H2,1-5H3/b33-20+,38-35?. The van der Waals surface area contributed by atoms with Crippen molar-refractivity contribution in [1.29, 1.82) is 0 Å². The van der Waals surface area contributed by atoms with Crippen LogP contribution in [-0.4, -0.2) is 46.7 Å². The topological polar surface area (TPSA) is 60.9 Å². The number of ether oxygens (including phenoxy) is 1. The molecule has 1 unspecified atom stereocenters. The Morgan fingerprint density at radius 3 is 2.63 bits per heavy atom. The Hall–Kier alpha value is -3.97. The summed E-state index contributed by atoms with van der Waals surface area (Å²) in [6, 6.07) is 22.5. The van der Waals surface area contributed by atoms with Crippen LogP contribution < -0.4 is 9.64 Å². The summed E-state index contributed by atoms with van der Waals surface area (Å²) in [7, 11) is 1.71. The zero-order valence-corrected chi connectivity index (χ0v) is 26.5. The summed E-state index contributed by atoms with van der Waals surface area (Å²) in [6.07, 6.45) is 6.92. The van der Waals surface area contributed by atoms with Crippen LogP contribution in [0.2, 0.25) is 0 Å². The average molecular weight is 593 g/mol. The fraction of sp³-hybridized carbons (Fsp3) is 0.333. The lowest BCUT2D eigenvalue weighted by Gasteiger charge is -2.47. The molecule has 6 rings (SSSR count). The van der Waals surface area contributed by atoms with E-state index in [4.69, 9.17) is 9.73 Å².